The molecule has 2 aromatic rings. The quantitative estimate of drug-likeness (QED) is 0.471. The van der Waals surface area contributed by atoms with Crippen molar-refractivity contribution in [2.75, 3.05) is 19.8 Å². The van der Waals surface area contributed by atoms with E-state index in [2.05, 4.69) is 0 Å². The standard InChI is InChI=1S/C32H38N2O5/c35-21-29-18-24-11-4-7-14-27(24)20-34(29)30(36)19-25-12-5-6-13-26(17-23-9-2-1-3-10-23)32(38)39-22-28-15-8-16-33(28)31(25)37/h1-7,9-11,14,25-26,28-29,35H,8,12-13,15-22H2. The molecule has 5 rings (SSSR count). The predicted octanol–water partition coefficient (Wildman–Crippen LogP) is 3.68. The lowest BCUT2D eigenvalue weighted by molar-refractivity contribution is -0.152. The van der Waals surface area contributed by atoms with Crippen LogP contribution in [0, 0.1) is 11.8 Å². The molecule has 206 valence electrons. The first-order chi connectivity index (χ1) is 19.0. The van der Waals surface area contributed by atoms with Gasteiger partial charge in [0, 0.05) is 19.5 Å². The minimum atomic E-state index is -0.492. The Balaban J connectivity index is 1.33. The van der Waals surface area contributed by atoms with Gasteiger partial charge < -0.3 is 19.6 Å². The lowest BCUT2D eigenvalue weighted by Crippen LogP contribution is -2.48. The van der Waals surface area contributed by atoms with E-state index < -0.39 is 5.92 Å². The van der Waals surface area contributed by atoms with Gasteiger partial charge in [-0.3, -0.25) is 14.4 Å². The molecule has 1 fully saturated rings. The third kappa shape index (κ3) is 6.41. The molecule has 0 aromatic heterocycles. The van der Waals surface area contributed by atoms with Crippen LogP contribution in [-0.4, -0.2) is 64.5 Å². The summed E-state index contributed by atoms with van der Waals surface area (Å²) in [6.45, 7) is 1.14. The zero-order chi connectivity index (χ0) is 27.2. The van der Waals surface area contributed by atoms with Gasteiger partial charge in [0.15, 0.2) is 0 Å². The van der Waals surface area contributed by atoms with Crippen molar-refractivity contribution < 1.29 is 24.2 Å². The molecule has 7 heteroatoms. The van der Waals surface area contributed by atoms with Crippen molar-refractivity contribution in [1.82, 2.24) is 9.80 Å². The molecular formula is C32H38N2O5. The number of hydrogen-bond donors (Lipinski definition) is 1. The number of hydrogen-bond acceptors (Lipinski definition) is 5. The fourth-order valence-electron chi connectivity index (χ4n) is 6.15. The van der Waals surface area contributed by atoms with E-state index in [0.717, 1.165) is 29.5 Å². The molecule has 0 saturated carbocycles. The maximum absolute atomic E-state index is 13.7. The number of fused-ring (bicyclic) bond motifs is 2. The first-order valence-electron chi connectivity index (χ1n) is 14.2. The monoisotopic (exact) mass is 530 g/mol. The van der Waals surface area contributed by atoms with Crippen LogP contribution in [0.25, 0.3) is 0 Å². The molecule has 3 aliphatic rings. The number of allylic oxidation sites excluding steroid dienone is 2. The summed E-state index contributed by atoms with van der Waals surface area (Å²) in [5.41, 5.74) is 3.33. The summed E-state index contributed by atoms with van der Waals surface area (Å²) < 4.78 is 5.77. The van der Waals surface area contributed by atoms with Gasteiger partial charge in [-0.2, -0.15) is 0 Å². The second kappa shape index (κ2) is 12.6. The number of aliphatic hydroxyl groups excluding tert-OH is 1. The molecule has 3 heterocycles. The van der Waals surface area contributed by atoms with Crippen molar-refractivity contribution in [3.63, 3.8) is 0 Å². The van der Waals surface area contributed by atoms with Crippen LogP contribution in [0.2, 0.25) is 0 Å². The summed E-state index contributed by atoms with van der Waals surface area (Å²) in [7, 11) is 0. The van der Waals surface area contributed by atoms with Crippen molar-refractivity contribution in [1.29, 1.82) is 0 Å². The molecule has 0 aliphatic carbocycles. The summed E-state index contributed by atoms with van der Waals surface area (Å²) in [4.78, 5) is 43.9. The molecule has 4 unspecified atom stereocenters. The highest BCUT2D eigenvalue weighted by Crippen LogP contribution is 2.28. The lowest BCUT2D eigenvalue weighted by Gasteiger charge is -2.37. The number of nitrogens with zero attached hydrogens (tertiary/aromatic N) is 2. The van der Waals surface area contributed by atoms with Crippen LogP contribution in [0.4, 0.5) is 0 Å². The summed E-state index contributed by atoms with van der Waals surface area (Å²) >= 11 is 0. The second-order valence-electron chi connectivity index (χ2n) is 11.0. The number of ether oxygens (including phenoxy) is 1. The van der Waals surface area contributed by atoms with Gasteiger partial charge in [0.25, 0.3) is 0 Å². The summed E-state index contributed by atoms with van der Waals surface area (Å²) in [5.74, 6) is -1.17. The van der Waals surface area contributed by atoms with Crippen LogP contribution in [0.15, 0.2) is 66.7 Å². The van der Waals surface area contributed by atoms with Gasteiger partial charge in [-0.1, -0.05) is 66.7 Å². The zero-order valence-electron chi connectivity index (χ0n) is 22.4. The fraction of sp³-hybridized carbons (Fsp3) is 0.469. The van der Waals surface area contributed by atoms with Gasteiger partial charge in [-0.15, -0.1) is 0 Å². The Morgan fingerprint density at radius 3 is 2.44 bits per heavy atom. The zero-order valence-corrected chi connectivity index (χ0v) is 22.4. The van der Waals surface area contributed by atoms with Crippen molar-refractivity contribution in [2.24, 2.45) is 11.8 Å². The Kier molecular flexibility index (Phi) is 8.77. The molecule has 0 bridgehead atoms. The van der Waals surface area contributed by atoms with Crippen LogP contribution < -0.4 is 0 Å². The van der Waals surface area contributed by atoms with Crippen LogP contribution in [0.1, 0.15) is 48.8 Å². The van der Waals surface area contributed by atoms with Crippen molar-refractivity contribution in [3.05, 3.63) is 83.4 Å². The number of aliphatic hydroxyl groups is 1. The number of carbonyl (C=O) groups is 3. The average Bonchev–Trinajstić information content (AvgIpc) is 3.44. The van der Waals surface area contributed by atoms with Crippen LogP contribution in [-0.2, 0) is 38.5 Å². The van der Waals surface area contributed by atoms with E-state index in [1.807, 2.05) is 71.6 Å². The molecule has 4 atom stereocenters. The van der Waals surface area contributed by atoms with E-state index in [1.165, 1.54) is 0 Å². The third-order valence-electron chi connectivity index (χ3n) is 8.40. The van der Waals surface area contributed by atoms with Gasteiger partial charge in [0.2, 0.25) is 11.8 Å². The Hall–Kier alpha value is -3.45. The highest BCUT2D eigenvalue weighted by atomic mass is 16.5. The molecule has 2 aromatic carbocycles. The normalized spacial score (nSPS) is 25.8. The van der Waals surface area contributed by atoms with Crippen molar-refractivity contribution in [3.8, 4) is 0 Å². The number of amides is 2. The number of esters is 1. The Morgan fingerprint density at radius 2 is 1.67 bits per heavy atom. The van der Waals surface area contributed by atoms with E-state index in [1.54, 1.807) is 4.90 Å². The first-order valence-corrected chi connectivity index (χ1v) is 14.2. The molecule has 2 amide bonds. The number of rotatable bonds is 5. The molecule has 3 aliphatic heterocycles. The minimum absolute atomic E-state index is 0.0501. The van der Waals surface area contributed by atoms with Crippen LogP contribution in [0.5, 0.6) is 0 Å². The first kappa shape index (κ1) is 27.1. The number of carbonyl (C=O) groups excluding carboxylic acids is 3. The van der Waals surface area contributed by atoms with Crippen molar-refractivity contribution in [2.45, 2.75) is 63.6 Å². The predicted molar refractivity (Wildman–Crippen MR) is 147 cm³/mol. The minimum Gasteiger partial charge on any atom is -0.463 e. The van der Waals surface area contributed by atoms with E-state index >= 15 is 0 Å². The summed E-state index contributed by atoms with van der Waals surface area (Å²) in [6, 6.07) is 17.5. The molecule has 0 spiro atoms. The van der Waals surface area contributed by atoms with Gasteiger partial charge in [-0.25, -0.2) is 0 Å². The highest BCUT2D eigenvalue weighted by Gasteiger charge is 2.37. The molecule has 1 N–H and O–H groups in total. The highest BCUT2D eigenvalue weighted by molar-refractivity contribution is 5.86. The number of cyclic esters (lactones) is 1. The maximum Gasteiger partial charge on any atom is 0.309 e. The van der Waals surface area contributed by atoms with E-state index in [0.29, 0.717) is 38.8 Å². The van der Waals surface area contributed by atoms with Crippen LogP contribution in [0.3, 0.4) is 0 Å². The third-order valence-corrected chi connectivity index (χ3v) is 8.40. The number of benzene rings is 2. The maximum atomic E-state index is 13.7. The fourth-order valence-corrected chi connectivity index (χ4v) is 6.15. The van der Waals surface area contributed by atoms with E-state index in [-0.39, 0.29) is 55.4 Å². The smallest absolute Gasteiger partial charge is 0.309 e. The summed E-state index contributed by atoms with van der Waals surface area (Å²) in [6.07, 6.45) is 7.80. The van der Waals surface area contributed by atoms with Crippen LogP contribution >= 0.6 is 0 Å². The largest absolute Gasteiger partial charge is 0.463 e. The Labute approximate surface area is 230 Å². The average molecular weight is 531 g/mol. The van der Waals surface area contributed by atoms with Crippen molar-refractivity contribution >= 4 is 17.8 Å². The topological polar surface area (TPSA) is 87.2 Å². The molecule has 0 radical (unpaired) electrons. The molecule has 1 saturated heterocycles. The van der Waals surface area contributed by atoms with Gasteiger partial charge in [0.05, 0.1) is 30.5 Å². The second-order valence-corrected chi connectivity index (χ2v) is 11.0. The van der Waals surface area contributed by atoms with Gasteiger partial charge in [0.1, 0.15) is 6.61 Å². The van der Waals surface area contributed by atoms with E-state index in [4.69, 9.17) is 4.74 Å². The summed E-state index contributed by atoms with van der Waals surface area (Å²) in [5, 5.41) is 10.1. The molecular weight excluding hydrogens is 492 g/mol. The lowest BCUT2D eigenvalue weighted by atomic mass is 9.91. The SMILES string of the molecule is O=C1OCC2CCCN2C(=O)C(CC(=O)N2Cc3ccccc3CC2CO)CC=CCC1Cc1ccccc1. The van der Waals surface area contributed by atoms with Gasteiger partial charge in [-0.05, 0) is 55.2 Å². The Bertz CT molecular complexity index is 1200. The molecule has 39 heavy (non-hydrogen) atoms. The Morgan fingerprint density at radius 1 is 0.949 bits per heavy atom. The van der Waals surface area contributed by atoms with E-state index in [9.17, 15) is 19.5 Å². The van der Waals surface area contributed by atoms with Gasteiger partial charge >= 0.3 is 5.97 Å². The molecule has 7 nitrogen and oxygen atoms in total.